The van der Waals surface area contributed by atoms with Crippen LogP contribution in [0.3, 0.4) is 0 Å². The summed E-state index contributed by atoms with van der Waals surface area (Å²) in [6.45, 7) is 6.16. The average molecular weight is 770 g/mol. The van der Waals surface area contributed by atoms with Crippen LogP contribution in [0.1, 0.15) is 68.0 Å². The first-order valence-electron chi connectivity index (χ1n) is 16.3. The first-order chi connectivity index (χ1) is 22.1. The van der Waals surface area contributed by atoms with Crippen molar-refractivity contribution in [2.24, 2.45) is 0 Å². The van der Waals surface area contributed by atoms with Crippen molar-refractivity contribution < 1.29 is 28.0 Å². The van der Waals surface area contributed by atoms with E-state index in [9.17, 15) is 6.48 Å². The number of rotatable bonds is 4. The molecule has 0 saturated heterocycles. The van der Waals surface area contributed by atoms with Gasteiger partial charge in [0.15, 0.2) is 0 Å². The van der Waals surface area contributed by atoms with Crippen molar-refractivity contribution in [2.75, 3.05) is 0 Å². The van der Waals surface area contributed by atoms with Crippen LogP contribution in [-0.4, -0.2) is 15.1 Å². The van der Waals surface area contributed by atoms with Gasteiger partial charge < -0.3 is 10.1 Å². The number of benzene rings is 4. The average Bonchev–Trinajstić information content (AvgIpc) is 3.07. The van der Waals surface area contributed by atoms with E-state index in [0.29, 0.717) is 25.7 Å². The molecule has 0 spiro atoms. The zero-order valence-electron chi connectivity index (χ0n) is 28.0. The molecule has 45 heavy (non-hydrogen) atoms. The van der Waals surface area contributed by atoms with E-state index in [-0.39, 0.29) is 25.9 Å². The summed E-state index contributed by atoms with van der Waals surface area (Å²) in [5.74, 6) is -0.962. The van der Waals surface area contributed by atoms with Crippen LogP contribution in [0.2, 0.25) is 0 Å². The second-order valence-corrected chi connectivity index (χ2v) is 11.7. The van der Waals surface area contributed by atoms with Crippen molar-refractivity contribution in [1.29, 1.82) is 0 Å². The Morgan fingerprint density at radius 3 is 2.13 bits per heavy atom. The van der Waals surface area contributed by atoms with Gasteiger partial charge in [0.05, 0.1) is 5.69 Å². The first kappa shape index (κ1) is 29.6. The predicted molar refractivity (Wildman–Crippen MR) is 182 cm³/mol. The summed E-state index contributed by atoms with van der Waals surface area (Å²) in [4.78, 5) is 8.86. The summed E-state index contributed by atoms with van der Waals surface area (Å²) in [6.07, 6.45) is 6.38. The number of phenols is 1. The number of aromatic hydroxyl groups is 1. The minimum atomic E-state index is -0.650. The number of phenolic OH excluding ortho intramolecular Hbond substituents is 1. The van der Waals surface area contributed by atoms with Crippen LogP contribution in [0.15, 0.2) is 116 Å². The molecular weight excluding hydrogens is 729 g/mol. The molecule has 0 unspecified atom stereocenters. The number of hydrogen-bond acceptors (Lipinski definition) is 3. The minimum Gasteiger partial charge on any atom is -0.507 e. The number of nitrogens with zero attached hydrogens (tertiary/aromatic N) is 2. The topological polar surface area (TPSA) is 46.0 Å². The van der Waals surface area contributed by atoms with Crippen molar-refractivity contribution >= 4 is 10.8 Å². The maximum absolute atomic E-state index is 9.65. The number of hydrogen-bond donors (Lipinski definition) is 1. The molecule has 4 heteroatoms. The van der Waals surface area contributed by atoms with Gasteiger partial charge >= 0.3 is 0 Å². The molecule has 1 radical (unpaired) electrons. The van der Waals surface area contributed by atoms with Crippen LogP contribution in [0.25, 0.3) is 33.3 Å². The van der Waals surface area contributed by atoms with Crippen molar-refractivity contribution in [3.8, 4) is 28.3 Å². The smallest absolute Gasteiger partial charge is 0.124 e. The van der Waals surface area contributed by atoms with Crippen molar-refractivity contribution in [2.45, 2.75) is 58.2 Å². The van der Waals surface area contributed by atoms with Crippen molar-refractivity contribution in [3.05, 3.63) is 149 Å². The van der Waals surface area contributed by atoms with Gasteiger partial charge in [-0.05, 0) is 102 Å². The molecule has 0 aliphatic heterocycles. The van der Waals surface area contributed by atoms with Gasteiger partial charge in [-0.15, -0.1) is 34.9 Å². The maximum atomic E-state index is 9.65. The zero-order valence-corrected chi connectivity index (χ0v) is 28.4. The quantitative estimate of drug-likeness (QED) is 0.182. The fourth-order valence-corrected chi connectivity index (χ4v) is 6.12. The molecule has 1 aliphatic carbocycles. The van der Waals surface area contributed by atoms with Gasteiger partial charge in [0.25, 0.3) is 0 Å². The van der Waals surface area contributed by atoms with E-state index in [4.69, 9.17) is 1.37 Å². The monoisotopic (exact) mass is 770 g/mol. The zero-order chi connectivity index (χ0) is 32.3. The molecular formula is C41H39IrN2O-. The van der Waals surface area contributed by atoms with Crippen LogP contribution in [0, 0.1) is 26.8 Å². The molecule has 229 valence electrons. The summed E-state index contributed by atoms with van der Waals surface area (Å²) in [6, 6.07) is 37.4. The Bertz CT molecular complexity index is 1950. The van der Waals surface area contributed by atoms with E-state index >= 15 is 0 Å². The molecule has 4 aromatic carbocycles. The molecule has 1 aliphatic rings. The molecule has 6 aromatic rings. The Hall–Kier alpha value is -4.11. The normalized spacial score (nSPS) is 19.8. The fourth-order valence-electron chi connectivity index (χ4n) is 6.12. The summed E-state index contributed by atoms with van der Waals surface area (Å²) in [5.41, 5.74) is 9.08. The molecule has 1 N–H and O–H groups in total. The SMILES string of the molecule is Cc1ccc(O)c(-c2ccccn2)c1.[2H]C1(c2ccccc2)CCC([2H])(c2ccc3c(-c4[c-]c(C)cc(C)c4)nccc3c2)CC1.[Ir]. The van der Waals surface area contributed by atoms with Gasteiger partial charge in [-0.25, -0.2) is 0 Å². The van der Waals surface area contributed by atoms with Crippen LogP contribution in [0.4, 0.5) is 0 Å². The largest absolute Gasteiger partial charge is 0.507 e. The van der Waals surface area contributed by atoms with Gasteiger partial charge in [0.2, 0.25) is 0 Å². The van der Waals surface area contributed by atoms with Gasteiger partial charge in [0, 0.05) is 40.8 Å². The van der Waals surface area contributed by atoms with Crippen LogP contribution >= 0.6 is 0 Å². The second-order valence-electron chi connectivity index (χ2n) is 11.7. The Morgan fingerprint density at radius 1 is 0.689 bits per heavy atom. The van der Waals surface area contributed by atoms with E-state index in [1.54, 1.807) is 12.3 Å². The molecule has 7 rings (SSSR count). The Kier molecular flexibility index (Phi) is 9.72. The Labute approximate surface area is 283 Å². The molecule has 1 fully saturated rings. The summed E-state index contributed by atoms with van der Waals surface area (Å²) in [5, 5.41) is 11.9. The first-order valence-corrected chi connectivity index (χ1v) is 15.3. The van der Waals surface area contributed by atoms with E-state index in [1.165, 1.54) is 5.56 Å². The van der Waals surface area contributed by atoms with Crippen molar-refractivity contribution in [1.82, 2.24) is 9.97 Å². The molecule has 3 nitrogen and oxygen atoms in total. The van der Waals surface area contributed by atoms with E-state index in [0.717, 1.165) is 55.5 Å². The Morgan fingerprint density at radius 2 is 1.42 bits per heavy atom. The molecule has 1 saturated carbocycles. The number of aryl methyl sites for hydroxylation is 3. The standard InChI is InChI=1S/C29H28N.C12H11NO.Ir/c1-20-16-21(2)18-27(17-20)29-28-13-12-25(19-26(28)14-15-30-29)24-10-8-23(9-11-24)22-6-4-3-5-7-22;1-9-5-6-12(14)10(8-9)11-4-2-3-7-13-11;/h3-7,12-17,19,23-24H,8-11H2,1-2H3;2-8,14H,1H3;/q-1;;/i23D,24D;;. The van der Waals surface area contributed by atoms with Crippen LogP contribution in [0.5, 0.6) is 5.75 Å². The third kappa shape index (κ3) is 7.76. The van der Waals surface area contributed by atoms with Gasteiger partial charge in [0.1, 0.15) is 5.75 Å². The van der Waals surface area contributed by atoms with Gasteiger partial charge in [-0.3, -0.25) is 4.98 Å². The molecule has 0 bridgehead atoms. The van der Waals surface area contributed by atoms with E-state index in [2.05, 4.69) is 72.3 Å². The molecule has 2 heterocycles. The molecule has 0 atom stereocenters. The van der Waals surface area contributed by atoms with Gasteiger partial charge in [-0.2, -0.15) is 0 Å². The van der Waals surface area contributed by atoms with Gasteiger partial charge in [-0.1, -0.05) is 80.1 Å². The summed E-state index contributed by atoms with van der Waals surface area (Å²) >= 11 is 0. The van der Waals surface area contributed by atoms with Crippen LogP contribution in [-0.2, 0) is 20.1 Å². The summed E-state index contributed by atoms with van der Waals surface area (Å²) < 4.78 is 18.2. The van der Waals surface area contributed by atoms with E-state index < -0.39 is 11.8 Å². The molecule has 2 aromatic heterocycles. The molecule has 0 amide bonds. The second kappa shape index (κ2) is 14.8. The predicted octanol–water partition coefficient (Wildman–Crippen LogP) is 10.5. The minimum absolute atomic E-state index is 0. The van der Waals surface area contributed by atoms with Crippen LogP contribution < -0.4 is 0 Å². The van der Waals surface area contributed by atoms with Crippen molar-refractivity contribution in [3.63, 3.8) is 0 Å². The van der Waals surface area contributed by atoms with E-state index in [1.807, 2.05) is 67.7 Å². The Balaban J connectivity index is 0.000000243. The number of fused-ring (bicyclic) bond motifs is 1. The summed E-state index contributed by atoms with van der Waals surface area (Å²) in [7, 11) is 0. The third-order valence-electron chi connectivity index (χ3n) is 8.31. The maximum Gasteiger partial charge on any atom is 0.124 e. The third-order valence-corrected chi connectivity index (χ3v) is 8.31. The fraction of sp³-hybridized carbons (Fsp3) is 0.220. The number of aromatic nitrogens is 2. The number of pyridine rings is 2.